The number of methoxy groups -OCH3 is 1. The Kier molecular flexibility index (Phi) is 2.88. The second kappa shape index (κ2) is 4.56. The zero-order valence-electron chi connectivity index (χ0n) is 10.8. The molecule has 0 aliphatic carbocycles. The van der Waals surface area contributed by atoms with Crippen molar-refractivity contribution in [1.29, 1.82) is 0 Å². The summed E-state index contributed by atoms with van der Waals surface area (Å²) in [5, 5.41) is 0. The van der Waals surface area contributed by atoms with Crippen LogP contribution < -0.4 is 15.2 Å². The van der Waals surface area contributed by atoms with Crippen molar-refractivity contribution >= 4 is 11.7 Å². The van der Waals surface area contributed by atoms with Crippen molar-refractivity contribution in [3.63, 3.8) is 0 Å². The van der Waals surface area contributed by atoms with Gasteiger partial charge in [0.25, 0.3) is 5.56 Å². The van der Waals surface area contributed by atoms with Crippen LogP contribution in [-0.4, -0.2) is 53.6 Å². The number of nitrogens with zero attached hydrogens (tertiary/aromatic N) is 3. The summed E-state index contributed by atoms with van der Waals surface area (Å²) in [6, 6.07) is 0.229. The Balaban J connectivity index is 1.87. The van der Waals surface area contributed by atoms with E-state index in [4.69, 9.17) is 4.74 Å². The minimum absolute atomic E-state index is 0.229. The zero-order valence-corrected chi connectivity index (χ0v) is 10.8. The van der Waals surface area contributed by atoms with Gasteiger partial charge in [0.15, 0.2) is 5.82 Å². The van der Waals surface area contributed by atoms with Crippen LogP contribution in [0.2, 0.25) is 0 Å². The zero-order chi connectivity index (χ0) is 13.4. The van der Waals surface area contributed by atoms with Gasteiger partial charge in [-0.05, 0) is 6.42 Å². The maximum Gasteiger partial charge on any atom is 0.295 e. The minimum atomic E-state index is -0.280. The molecule has 0 spiro atoms. The summed E-state index contributed by atoms with van der Waals surface area (Å²) in [6.07, 6.45) is 2.88. The van der Waals surface area contributed by atoms with Gasteiger partial charge in [0.05, 0.1) is 13.4 Å². The van der Waals surface area contributed by atoms with Crippen LogP contribution in [0.25, 0.3) is 0 Å². The Labute approximate surface area is 110 Å². The molecule has 1 aromatic rings. The number of carbonyl (C=O) groups excluding carboxylic acids is 1. The molecule has 1 aromatic heterocycles. The van der Waals surface area contributed by atoms with Crippen LogP contribution in [-0.2, 0) is 4.79 Å². The van der Waals surface area contributed by atoms with Crippen molar-refractivity contribution in [3.8, 4) is 5.75 Å². The van der Waals surface area contributed by atoms with E-state index in [2.05, 4.69) is 9.97 Å². The van der Waals surface area contributed by atoms with Gasteiger partial charge < -0.3 is 19.5 Å². The van der Waals surface area contributed by atoms with E-state index in [9.17, 15) is 9.59 Å². The first-order valence-corrected chi connectivity index (χ1v) is 6.37. The average Bonchev–Trinajstić information content (AvgIpc) is 2.79. The molecule has 7 heteroatoms. The number of anilines is 1. The van der Waals surface area contributed by atoms with E-state index in [1.807, 2.05) is 9.80 Å². The molecule has 2 aliphatic heterocycles. The van der Waals surface area contributed by atoms with Gasteiger partial charge in [-0.2, -0.15) is 0 Å². The lowest BCUT2D eigenvalue weighted by molar-refractivity contribution is -0.129. The number of carbonyl (C=O) groups is 1. The fraction of sp³-hybridized carbons (Fsp3) is 0.583. The van der Waals surface area contributed by atoms with Gasteiger partial charge in [-0.3, -0.25) is 9.59 Å². The first-order valence-electron chi connectivity index (χ1n) is 6.37. The highest BCUT2D eigenvalue weighted by molar-refractivity contribution is 5.79. The van der Waals surface area contributed by atoms with Gasteiger partial charge in [0.1, 0.15) is 0 Å². The molecule has 2 aliphatic rings. The van der Waals surface area contributed by atoms with Crippen LogP contribution in [0, 0.1) is 0 Å². The highest BCUT2D eigenvalue weighted by Crippen LogP contribution is 2.28. The van der Waals surface area contributed by atoms with Crippen LogP contribution >= 0.6 is 0 Å². The molecule has 19 heavy (non-hydrogen) atoms. The summed E-state index contributed by atoms with van der Waals surface area (Å²) < 4.78 is 5.13. The second-order valence-electron chi connectivity index (χ2n) is 4.81. The smallest absolute Gasteiger partial charge is 0.295 e. The molecule has 1 N–H and O–H groups in total. The van der Waals surface area contributed by atoms with Crippen LogP contribution in [0.15, 0.2) is 11.1 Å². The first kappa shape index (κ1) is 12.0. The number of fused-ring (bicyclic) bond motifs is 1. The fourth-order valence-electron chi connectivity index (χ4n) is 2.84. The standard InChI is InChI=1S/C12H16N4O3/c1-19-10-11(13-7-14-12(10)18)15-4-5-16-8(6-15)2-3-9(16)17/h7-8H,2-6H2,1H3,(H,13,14,18). The number of rotatable bonds is 2. The third kappa shape index (κ3) is 1.94. The molecule has 0 radical (unpaired) electrons. The van der Waals surface area contributed by atoms with Crippen molar-refractivity contribution in [2.45, 2.75) is 18.9 Å². The molecule has 1 amide bonds. The van der Waals surface area contributed by atoms with E-state index in [1.165, 1.54) is 13.4 Å². The van der Waals surface area contributed by atoms with Crippen LogP contribution in [0.4, 0.5) is 5.82 Å². The van der Waals surface area contributed by atoms with Gasteiger partial charge in [-0.15, -0.1) is 0 Å². The summed E-state index contributed by atoms with van der Waals surface area (Å²) in [6.45, 7) is 2.06. The number of hydrogen-bond acceptors (Lipinski definition) is 5. The van der Waals surface area contributed by atoms with Crippen LogP contribution in [0.5, 0.6) is 5.75 Å². The Morgan fingerprint density at radius 3 is 3.05 bits per heavy atom. The molecule has 0 bridgehead atoms. The third-order valence-corrected chi connectivity index (χ3v) is 3.79. The topological polar surface area (TPSA) is 78.5 Å². The lowest BCUT2D eigenvalue weighted by Gasteiger charge is -2.38. The third-order valence-electron chi connectivity index (χ3n) is 3.79. The van der Waals surface area contributed by atoms with Crippen LogP contribution in [0.3, 0.4) is 0 Å². The van der Waals surface area contributed by atoms with Gasteiger partial charge in [0.2, 0.25) is 11.7 Å². The number of H-pyrrole nitrogens is 1. The molecular formula is C12H16N4O3. The van der Waals surface area contributed by atoms with Gasteiger partial charge >= 0.3 is 0 Å². The summed E-state index contributed by atoms with van der Waals surface area (Å²) in [5.41, 5.74) is -0.280. The van der Waals surface area contributed by atoms with Crippen molar-refractivity contribution in [2.75, 3.05) is 31.6 Å². The van der Waals surface area contributed by atoms with Crippen molar-refractivity contribution < 1.29 is 9.53 Å². The second-order valence-corrected chi connectivity index (χ2v) is 4.81. The summed E-state index contributed by atoms with van der Waals surface area (Å²) in [7, 11) is 1.46. The first-order chi connectivity index (χ1) is 9.20. The average molecular weight is 264 g/mol. The molecule has 0 saturated carbocycles. The SMILES string of the molecule is COc1c(N2CCN3C(=O)CCC3C2)nc[nH]c1=O. The van der Waals surface area contributed by atoms with E-state index in [0.717, 1.165) is 6.42 Å². The van der Waals surface area contributed by atoms with Crippen molar-refractivity contribution in [1.82, 2.24) is 14.9 Å². The number of piperazine rings is 1. The summed E-state index contributed by atoms with van der Waals surface area (Å²) in [5.74, 6) is 1.03. The molecule has 3 heterocycles. The Morgan fingerprint density at radius 1 is 1.42 bits per heavy atom. The van der Waals surface area contributed by atoms with Gasteiger partial charge in [0, 0.05) is 32.1 Å². The van der Waals surface area contributed by atoms with E-state index in [-0.39, 0.29) is 23.3 Å². The monoisotopic (exact) mass is 264 g/mol. The quantitative estimate of drug-likeness (QED) is 0.785. The number of hydrogen-bond donors (Lipinski definition) is 1. The minimum Gasteiger partial charge on any atom is -0.489 e. The predicted molar refractivity (Wildman–Crippen MR) is 68.4 cm³/mol. The number of aromatic nitrogens is 2. The molecule has 0 aromatic carbocycles. The molecule has 3 rings (SSSR count). The lowest BCUT2D eigenvalue weighted by Crippen LogP contribution is -2.52. The largest absolute Gasteiger partial charge is 0.489 e. The number of aromatic amines is 1. The normalized spacial score (nSPS) is 22.6. The van der Waals surface area contributed by atoms with Crippen molar-refractivity contribution in [2.24, 2.45) is 0 Å². The molecule has 2 saturated heterocycles. The Morgan fingerprint density at radius 2 is 2.26 bits per heavy atom. The lowest BCUT2D eigenvalue weighted by atomic mass is 10.1. The molecule has 7 nitrogen and oxygen atoms in total. The predicted octanol–water partition coefficient (Wildman–Crippen LogP) is -0.410. The fourth-order valence-corrected chi connectivity index (χ4v) is 2.84. The maximum absolute atomic E-state index is 11.7. The number of nitrogens with one attached hydrogen (secondary N) is 1. The van der Waals surface area contributed by atoms with Gasteiger partial charge in [-0.1, -0.05) is 0 Å². The summed E-state index contributed by atoms with van der Waals surface area (Å²) >= 11 is 0. The molecule has 102 valence electrons. The maximum atomic E-state index is 11.7. The highest BCUT2D eigenvalue weighted by atomic mass is 16.5. The van der Waals surface area contributed by atoms with E-state index in [1.54, 1.807) is 0 Å². The molecule has 1 atom stereocenters. The summed E-state index contributed by atoms with van der Waals surface area (Å²) in [4.78, 5) is 34.0. The van der Waals surface area contributed by atoms with Crippen molar-refractivity contribution in [3.05, 3.63) is 16.7 Å². The highest BCUT2D eigenvalue weighted by Gasteiger charge is 2.36. The number of amides is 1. The van der Waals surface area contributed by atoms with E-state index < -0.39 is 0 Å². The van der Waals surface area contributed by atoms with E-state index >= 15 is 0 Å². The van der Waals surface area contributed by atoms with Crippen LogP contribution in [0.1, 0.15) is 12.8 Å². The van der Waals surface area contributed by atoms with E-state index in [0.29, 0.717) is 31.9 Å². The Bertz CT molecular complexity index is 556. The van der Waals surface area contributed by atoms with Gasteiger partial charge in [-0.25, -0.2) is 4.98 Å². The Hall–Kier alpha value is -2.05. The molecule has 1 unspecified atom stereocenters. The number of ether oxygens (including phenoxy) is 1. The molecule has 2 fully saturated rings. The molecular weight excluding hydrogens is 248 g/mol.